The number of anilines is 1. The lowest BCUT2D eigenvalue weighted by Gasteiger charge is -2.07. The molecule has 0 aliphatic carbocycles. The normalized spacial score (nSPS) is 10.9. The van der Waals surface area contributed by atoms with Crippen LogP contribution in [0.15, 0.2) is 42.5 Å². The average molecular weight is 505 g/mol. The number of H-pyrrole nitrogens is 1. The topological polar surface area (TPSA) is 161 Å². The van der Waals surface area contributed by atoms with E-state index >= 15 is 0 Å². The van der Waals surface area contributed by atoms with Gasteiger partial charge in [-0.25, -0.2) is 9.59 Å². The SMILES string of the molecule is O=C(O)CNC(=O)NCc1ccc(NC(=O)/C=C/c2c(C(=O)O)[nH]c3cc(Cl)cc(Cl)c23)cc1. The van der Waals surface area contributed by atoms with Gasteiger partial charge in [-0.1, -0.05) is 35.3 Å². The van der Waals surface area contributed by atoms with E-state index in [2.05, 4.69) is 20.9 Å². The van der Waals surface area contributed by atoms with Gasteiger partial charge in [0.15, 0.2) is 0 Å². The zero-order valence-corrected chi connectivity index (χ0v) is 18.8. The summed E-state index contributed by atoms with van der Waals surface area (Å²) < 4.78 is 0. The number of aliphatic carboxylic acids is 1. The van der Waals surface area contributed by atoms with Crippen LogP contribution < -0.4 is 16.0 Å². The number of aromatic carboxylic acids is 1. The summed E-state index contributed by atoms with van der Waals surface area (Å²) >= 11 is 12.2. The molecular weight excluding hydrogens is 487 g/mol. The third kappa shape index (κ3) is 6.27. The van der Waals surface area contributed by atoms with Crippen LogP contribution in [0.5, 0.6) is 0 Å². The number of carbonyl (C=O) groups is 4. The highest BCUT2D eigenvalue weighted by molar-refractivity contribution is 6.39. The van der Waals surface area contributed by atoms with E-state index in [0.29, 0.717) is 21.6 Å². The minimum Gasteiger partial charge on any atom is -0.480 e. The number of rotatable bonds is 8. The van der Waals surface area contributed by atoms with Gasteiger partial charge in [0.2, 0.25) is 5.91 Å². The van der Waals surface area contributed by atoms with Crippen molar-refractivity contribution in [3.63, 3.8) is 0 Å². The fourth-order valence-electron chi connectivity index (χ4n) is 3.06. The monoisotopic (exact) mass is 504 g/mol. The van der Waals surface area contributed by atoms with E-state index in [9.17, 15) is 24.3 Å². The minimum absolute atomic E-state index is 0.132. The van der Waals surface area contributed by atoms with Crippen molar-refractivity contribution < 1.29 is 29.4 Å². The number of fused-ring (bicyclic) bond motifs is 1. The van der Waals surface area contributed by atoms with E-state index in [1.807, 2.05) is 0 Å². The zero-order chi connectivity index (χ0) is 24.8. The van der Waals surface area contributed by atoms with Gasteiger partial charge in [-0.3, -0.25) is 9.59 Å². The van der Waals surface area contributed by atoms with Crippen LogP contribution in [-0.2, 0) is 16.1 Å². The molecule has 0 bridgehead atoms. The van der Waals surface area contributed by atoms with Crippen LogP contribution in [0.3, 0.4) is 0 Å². The lowest BCUT2D eigenvalue weighted by atomic mass is 10.1. The van der Waals surface area contributed by atoms with Crippen LogP contribution in [0.4, 0.5) is 10.5 Å². The second-order valence-corrected chi connectivity index (χ2v) is 7.82. The number of nitrogens with one attached hydrogen (secondary N) is 4. The van der Waals surface area contributed by atoms with Crippen LogP contribution in [-0.4, -0.2) is 45.6 Å². The van der Waals surface area contributed by atoms with E-state index in [1.165, 1.54) is 18.2 Å². The predicted molar refractivity (Wildman–Crippen MR) is 127 cm³/mol. The van der Waals surface area contributed by atoms with Gasteiger partial charge in [-0.05, 0) is 35.9 Å². The second-order valence-electron chi connectivity index (χ2n) is 6.98. The van der Waals surface area contributed by atoms with Gasteiger partial charge in [0, 0.05) is 39.8 Å². The smallest absolute Gasteiger partial charge is 0.352 e. The average Bonchev–Trinajstić information content (AvgIpc) is 3.14. The van der Waals surface area contributed by atoms with Crippen molar-refractivity contribution in [2.24, 2.45) is 0 Å². The molecule has 176 valence electrons. The number of carboxylic acids is 2. The Hall–Kier alpha value is -4.02. The van der Waals surface area contributed by atoms with Crippen LogP contribution in [0.25, 0.3) is 17.0 Å². The Bertz CT molecular complexity index is 1300. The number of aromatic nitrogens is 1. The van der Waals surface area contributed by atoms with Crippen molar-refractivity contribution in [3.8, 4) is 0 Å². The molecule has 12 heteroatoms. The molecule has 34 heavy (non-hydrogen) atoms. The highest BCUT2D eigenvalue weighted by Crippen LogP contribution is 2.33. The third-order valence-corrected chi connectivity index (χ3v) is 5.06. The first-order chi connectivity index (χ1) is 16.1. The molecule has 2 aromatic carbocycles. The Kier molecular flexibility index (Phi) is 7.77. The number of benzene rings is 2. The van der Waals surface area contributed by atoms with Crippen molar-refractivity contribution in [2.45, 2.75) is 6.54 Å². The summed E-state index contributed by atoms with van der Waals surface area (Å²) in [5, 5.41) is 26.4. The van der Waals surface area contributed by atoms with E-state index < -0.39 is 30.4 Å². The number of halogens is 2. The summed E-state index contributed by atoms with van der Waals surface area (Å²) in [6.45, 7) is -0.334. The minimum atomic E-state index is -1.22. The third-order valence-electron chi connectivity index (χ3n) is 4.54. The molecule has 10 nitrogen and oxygen atoms in total. The van der Waals surface area contributed by atoms with Gasteiger partial charge in [0.25, 0.3) is 0 Å². The summed E-state index contributed by atoms with van der Waals surface area (Å²) in [5.74, 6) is -2.88. The van der Waals surface area contributed by atoms with E-state index in [1.54, 1.807) is 30.3 Å². The van der Waals surface area contributed by atoms with Crippen molar-refractivity contribution in [3.05, 3.63) is 69.3 Å². The summed E-state index contributed by atoms with van der Waals surface area (Å²) in [5.41, 5.74) is 1.72. The Morgan fingerprint density at radius 1 is 1.00 bits per heavy atom. The van der Waals surface area contributed by atoms with Crippen LogP contribution in [0, 0.1) is 0 Å². The molecule has 3 aromatic rings. The first-order valence-corrected chi connectivity index (χ1v) is 10.4. The Morgan fingerprint density at radius 2 is 1.71 bits per heavy atom. The number of hydrogen-bond donors (Lipinski definition) is 6. The highest BCUT2D eigenvalue weighted by Gasteiger charge is 2.18. The van der Waals surface area contributed by atoms with E-state index in [4.69, 9.17) is 28.3 Å². The molecule has 0 saturated carbocycles. The van der Waals surface area contributed by atoms with Crippen LogP contribution >= 0.6 is 23.2 Å². The van der Waals surface area contributed by atoms with Crippen molar-refractivity contribution in [1.29, 1.82) is 0 Å². The number of urea groups is 1. The quantitative estimate of drug-likeness (QED) is 0.256. The van der Waals surface area contributed by atoms with Gasteiger partial charge < -0.3 is 31.1 Å². The number of amides is 3. The summed E-state index contributed by atoms with van der Waals surface area (Å²) in [4.78, 5) is 48.6. The molecule has 0 aliphatic rings. The lowest BCUT2D eigenvalue weighted by molar-refractivity contribution is -0.135. The van der Waals surface area contributed by atoms with Crippen LogP contribution in [0.2, 0.25) is 10.0 Å². The highest BCUT2D eigenvalue weighted by atomic mass is 35.5. The maximum atomic E-state index is 12.4. The van der Waals surface area contributed by atoms with Gasteiger partial charge in [0.1, 0.15) is 12.2 Å². The Morgan fingerprint density at radius 3 is 2.35 bits per heavy atom. The lowest BCUT2D eigenvalue weighted by Crippen LogP contribution is -2.37. The molecule has 0 fully saturated rings. The van der Waals surface area contributed by atoms with Gasteiger partial charge in [-0.15, -0.1) is 0 Å². The molecule has 0 atom stereocenters. The molecule has 3 rings (SSSR count). The predicted octanol–water partition coefficient (Wildman–Crippen LogP) is 3.71. The van der Waals surface area contributed by atoms with Gasteiger partial charge in [-0.2, -0.15) is 0 Å². The fraction of sp³-hybridized carbons (Fsp3) is 0.0909. The number of carboxylic acid groups (broad SMARTS) is 2. The number of carbonyl (C=O) groups excluding carboxylic acids is 2. The molecule has 0 saturated heterocycles. The molecular formula is C22H18Cl2N4O6. The molecule has 0 aliphatic heterocycles. The molecule has 6 N–H and O–H groups in total. The summed E-state index contributed by atoms with van der Waals surface area (Å²) in [7, 11) is 0. The first-order valence-electron chi connectivity index (χ1n) is 9.69. The van der Waals surface area contributed by atoms with Gasteiger partial charge in [0.05, 0.1) is 5.02 Å². The standard InChI is InChI=1S/C22H18Cl2N4O6/c23-12-7-15(24)19-14(20(21(32)33)28-16(19)8-12)5-6-17(29)27-13-3-1-11(2-4-13)9-25-22(34)26-10-18(30)31/h1-8,28H,9-10H2,(H,27,29)(H,30,31)(H,32,33)(H2,25,26,34)/b6-5+. The number of aromatic amines is 1. The van der Waals surface area contributed by atoms with Gasteiger partial charge >= 0.3 is 18.0 Å². The first kappa shape index (κ1) is 24.6. The Labute approximate surface area is 202 Å². The summed E-state index contributed by atoms with van der Waals surface area (Å²) in [6.07, 6.45) is 2.54. The van der Waals surface area contributed by atoms with Crippen molar-refractivity contribution in [1.82, 2.24) is 15.6 Å². The second kappa shape index (κ2) is 10.7. The molecule has 0 spiro atoms. The van der Waals surface area contributed by atoms with Crippen LogP contribution in [0.1, 0.15) is 21.6 Å². The largest absolute Gasteiger partial charge is 0.480 e. The maximum Gasteiger partial charge on any atom is 0.352 e. The molecule has 1 heterocycles. The zero-order valence-electron chi connectivity index (χ0n) is 17.3. The van der Waals surface area contributed by atoms with E-state index in [-0.39, 0.29) is 22.8 Å². The molecule has 0 radical (unpaired) electrons. The molecule has 3 amide bonds. The Balaban J connectivity index is 1.66. The molecule has 0 unspecified atom stereocenters. The fourth-order valence-corrected chi connectivity index (χ4v) is 3.65. The molecule has 1 aromatic heterocycles. The number of hydrogen-bond acceptors (Lipinski definition) is 4. The summed E-state index contributed by atoms with van der Waals surface area (Å²) in [6, 6.07) is 8.97. The van der Waals surface area contributed by atoms with Crippen molar-refractivity contribution in [2.75, 3.05) is 11.9 Å². The van der Waals surface area contributed by atoms with E-state index in [0.717, 1.165) is 5.56 Å². The maximum absolute atomic E-state index is 12.4. The van der Waals surface area contributed by atoms with Crippen molar-refractivity contribution >= 4 is 69.7 Å².